The number of fused-ring (bicyclic) bond motifs is 3. The van der Waals surface area contributed by atoms with E-state index in [9.17, 15) is 4.79 Å². The minimum Gasteiger partial charge on any atom is -0.455 e. The van der Waals surface area contributed by atoms with Gasteiger partial charge in [0.2, 0.25) is 17.5 Å². The van der Waals surface area contributed by atoms with Gasteiger partial charge in [-0.1, -0.05) is 18.5 Å². The number of anilines is 1. The largest absolute Gasteiger partial charge is 0.455 e. The second-order valence-electron chi connectivity index (χ2n) is 7.44. The number of carbonyl (C=O) groups excluding carboxylic acids is 1. The molecular formula is C22H20ClN5O5. The van der Waals surface area contributed by atoms with Gasteiger partial charge in [-0.15, -0.1) is 0 Å². The number of rotatable bonds is 8. The fraction of sp³-hybridized carbons (Fsp3) is 0.273. The fourth-order valence-corrected chi connectivity index (χ4v) is 3.62. The predicted molar refractivity (Wildman–Crippen MR) is 121 cm³/mol. The highest BCUT2D eigenvalue weighted by atomic mass is 35.5. The number of nitrogens with zero attached hydrogens (tertiary/aromatic N) is 3. The summed E-state index contributed by atoms with van der Waals surface area (Å²) in [6.45, 7) is 3.64. The molecule has 4 aromatic rings. The third-order valence-corrected chi connectivity index (χ3v) is 5.21. The van der Waals surface area contributed by atoms with Crippen LogP contribution in [0.1, 0.15) is 23.9 Å². The molecule has 1 aliphatic heterocycles. The van der Waals surface area contributed by atoms with Crippen LogP contribution in [-0.4, -0.2) is 46.7 Å². The molecule has 1 aliphatic rings. The molecule has 170 valence electrons. The zero-order valence-corrected chi connectivity index (χ0v) is 18.4. The standard InChI is InChI=1S/C22H20ClN5O5/c1-2-7-25-19-18-12-3-6-16(26-13(12)4-5-14(18)32-20(19)21(24)29)33-17-8-15(23)27-22(28-17)31-11-9-30-10-11/h3-6,8,11,25H,2,7,9-10H2,1H3,(H2,24,29). The van der Waals surface area contributed by atoms with Crippen LogP contribution in [0.3, 0.4) is 0 Å². The molecule has 1 aromatic carbocycles. The highest BCUT2D eigenvalue weighted by Crippen LogP contribution is 2.37. The quantitative estimate of drug-likeness (QED) is 0.368. The number of nitrogens with two attached hydrogens (primary N) is 1. The Labute approximate surface area is 193 Å². The van der Waals surface area contributed by atoms with E-state index >= 15 is 0 Å². The van der Waals surface area contributed by atoms with Gasteiger partial charge >= 0.3 is 6.01 Å². The van der Waals surface area contributed by atoms with E-state index in [1.165, 1.54) is 6.07 Å². The monoisotopic (exact) mass is 469 g/mol. The molecule has 0 atom stereocenters. The Morgan fingerprint density at radius 2 is 2.06 bits per heavy atom. The topological polar surface area (TPSA) is 135 Å². The van der Waals surface area contributed by atoms with Gasteiger partial charge in [0, 0.05) is 24.1 Å². The number of nitrogens with one attached hydrogen (secondary N) is 1. The normalized spacial score (nSPS) is 13.8. The second-order valence-corrected chi connectivity index (χ2v) is 7.83. The summed E-state index contributed by atoms with van der Waals surface area (Å²) in [5.74, 6) is -0.0525. The SMILES string of the molecule is CCCNc1c(C(N)=O)oc2ccc3nc(Oc4cc(Cl)nc(OC5COC5)n4)ccc3c12. The van der Waals surface area contributed by atoms with Crippen molar-refractivity contribution < 1.29 is 23.4 Å². The van der Waals surface area contributed by atoms with Gasteiger partial charge in [-0.2, -0.15) is 9.97 Å². The predicted octanol–water partition coefficient (Wildman–Crippen LogP) is 3.92. The van der Waals surface area contributed by atoms with E-state index in [2.05, 4.69) is 20.3 Å². The maximum absolute atomic E-state index is 11.9. The summed E-state index contributed by atoms with van der Waals surface area (Å²) >= 11 is 6.09. The number of amides is 1. The first kappa shape index (κ1) is 21.2. The van der Waals surface area contributed by atoms with E-state index in [-0.39, 0.29) is 28.9 Å². The highest BCUT2D eigenvalue weighted by molar-refractivity contribution is 6.29. The number of hydrogen-bond acceptors (Lipinski definition) is 9. The highest BCUT2D eigenvalue weighted by Gasteiger charge is 2.23. The van der Waals surface area contributed by atoms with E-state index in [1.54, 1.807) is 18.2 Å². The van der Waals surface area contributed by atoms with Crippen LogP contribution in [0.4, 0.5) is 5.69 Å². The summed E-state index contributed by atoms with van der Waals surface area (Å²) in [5.41, 5.74) is 7.26. The maximum atomic E-state index is 11.9. The van der Waals surface area contributed by atoms with Crippen molar-refractivity contribution in [1.82, 2.24) is 15.0 Å². The van der Waals surface area contributed by atoms with E-state index < -0.39 is 5.91 Å². The van der Waals surface area contributed by atoms with Crippen LogP contribution >= 0.6 is 11.6 Å². The number of hydrogen-bond donors (Lipinski definition) is 2. The smallest absolute Gasteiger partial charge is 0.321 e. The molecule has 0 radical (unpaired) electrons. The summed E-state index contributed by atoms with van der Waals surface area (Å²) in [7, 11) is 0. The first-order valence-electron chi connectivity index (χ1n) is 10.4. The maximum Gasteiger partial charge on any atom is 0.321 e. The zero-order valence-electron chi connectivity index (χ0n) is 17.6. The Hall–Kier alpha value is -3.63. The third-order valence-electron chi connectivity index (χ3n) is 5.01. The lowest BCUT2D eigenvalue weighted by atomic mass is 10.1. The Balaban J connectivity index is 1.50. The van der Waals surface area contributed by atoms with Crippen LogP contribution in [0.2, 0.25) is 5.15 Å². The molecule has 4 heterocycles. The van der Waals surface area contributed by atoms with Gasteiger partial charge in [0.25, 0.3) is 5.91 Å². The van der Waals surface area contributed by atoms with Gasteiger partial charge in [-0.25, -0.2) is 4.98 Å². The number of furan rings is 1. The lowest BCUT2D eigenvalue weighted by molar-refractivity contribution is -0.0832. The van der Waals surface area contributed by atoms with Crippen molar-refractivity contribution in [3.05, 3.63) is 41.2 Å². The number of ether oxygens (including phenoxy) is 3. The first-order chi connectivity index (χ1) is 16.0. The number of halogens is 1. The summed E-state index contributed by atoms with van der Waals surface area (Å²) in [6.07, 6.45) is 0.764. The van der Waals surface area contributed by atoms with Crippen molar-refractivity contribution in [2.45, 2.75) is 19.4 Å². The van der Waals surface area contributed by atoms with Gasteiger partial charge in [-0.3, -0.25) is 4.79 Å². The van der Waals surface area contributed by atoms with Crippen LogP contribution < -0.4 is 20.5 Å². The average molecular weight is 470 g/mol. The average Bonchev–Trinajstić information content (AvgIpc) is 3.13. The summed E-state index contributed by atoms with van der Waals surface area (Å²) in [5, 5.41) is 4.94. The lowest BCUT2D eigenvalue weighted by Gasteiger charge is -2.25. The molecule has 33 heavy (non-hydrogen) atoms. The third kappa shape index (κ3) is 4.22. The molecule has 3 aromatic heterocycles. The van der Waals surface area contributed by atoms with Crippen molar-refractivity contribution in [3.63, 3.8) is 0 Å². The molecule has 5 rings (SSSR count). The van der Waals surface area contributed by atoms with Crippen LogP contribution in [0.25, 0.3) is 21.9 Å². The molecule has 0 aliphatic carbocycles. The number of aromatic nitrogens is 3. The summed E-state index contributed by atoms with van der Waals surface area (Å²) < 4.78 is 22.2. The van der Waals surface area contributed by atoms with E-state index in [1.807, 2.05) is 13.0 Å². The first-order valence-corrected chi connectivity index (χ1v) is 10.8. The van der Waals surface area contributed by atoms with Crippen molar-refractivity contribution in [1.29, 1.82) is 0 Å². The van der Waals surface area contributed by atoms with Crippen molar-refractivity contribution in [2.75, 3.05) is 25.1 Å². The molecule has 0 saturated carbocycles. The Morgan fingerprint density at radius 1 is 1.21 bits per heavy atom. The molecule has 10 nitrogen and oxygen atoms in total. The van der Waals surface area contributed by atoms with E-state index in [0.29, 0.717) is 42.4 Å². The van der Waals surface area contributed by atoms with Crippen molar-refractivity contribution >= 4 is 45.1 Å². The Kier molecular flexibility index (Phi) is 5.61. The molecule has 0 unspecified atom stereocenters. The molecule has 3 N–H and O–H groups in total. The Bertz CT molecular complexity index is 1350. The van der Waals surface area contributed by atoms with Gasteiger partial charge in [0.05, 0.1) is 29.8 Å². The van der Waals surface area contributed by atoms with E-state index in [4.69, 9.17) is 36.0 Å². The molecular weight excluding hydrogens is 450 g/mol. The van der Waals surface area contributed by atoms with Gasteiger partial charge in [0.1, 0.15) is 16.8 Å². The molecule has 0 spiro atoms. The van der Waals surface area contributed by atoms with Crippen LogP contribution in [0, 0.1) is 0 Å². The molecule has 1 fully saturated rings. The minimum absolute atomic E-state index is 0.0892. The van der Waals surface area contributed by atoms with Crippen LogP contribution in [0.5, 0.6) is 17.8 Å². The van der Waals surface area contributed by atoms with Gasteiger partial charge < -0.3 is 29.7 Å². The fourth-order valence-electron chi connectivity index (χ4n) is 3.45. The Morgan fingerprint density at radius 3 is 2.79 bits per heavy atom. The number of carbonyl (C=O) groups is 1. The number of primary amides is 1. The second kappa shape index (κ2) is 8.72. The number of pyridine rings is 1. The lowest BCUT2D eigenvalue weighted by Crippen LogP contribution is -2.39. The van der Waals surface area contributed by atoms with Gasteiger partial charge in [-0.05, 0) is 24.6 Å². The summed E-state index contributed by atoms with van der Waals surface area (Å²) in [6, 6.07) is 8.63. The molecule has 0 bridgehead atoms. The number of benzene rings is 1. The van der Waals surface area contributed by atoms with Crippen LogP contribution in [-0.2, 0) is 4.74 Å². The van der Waals surface area contributed by atoms with Crippen molar-refractivity contribution in [3.8, 4) is 17.8 Å². The van der Waals surface area contributed by atoms with Crippen molar-refractivity contribution in [2.24, 2.45) is 5.73 Å². The zero-order chi connectivity index (χ0) is 22.9. The van der Waals surface area contributed by atoms with Gasteiger partial charge in [0.15, 0.2) is 0 Å². The van der Waals surface area contributed by atoms with Crippen LogP contribution in [0.15, 0.2) is 34.7 Å². The minimum atomic E-state index is -0.641. The van der Waals surface area contributed by atoms with E-state index in [0.717, 1.165) is 17.2 Å². The molecule has 11 heteroatoms. The molecule has 1 amide bonds. The summed E-state index contributed by atoms with van der Waals surface area (Å²) in [4.78, 5) is 24.8. The molecule has 1 saturated heterocycles.